The van der Waals surface area contributed by atoms with Crippen LogP contribution in [0.1, 0.15) is 90.7 Å². The molecule has 7 unspecified atom stereocenters. The van der Waals surface area contributed by atoms with Crippen LogP contribution in [0.5, 0.6) is 5.75 Å². The molecule has 0 aromatic heterocycles. The maximum Gasteiger partial charge on any atom is 0.312 e. The number of aromatic hydroxyl groups is 1. The van der Waals surface area contributed by atoms with Gasteiger partial charge in [0.1, 0.15) is 23.6 Å². The lowest BCUT2D eigenvalue weighted by Gasteiger charge is -2.40. The highest BCUT2D eigenvalue weighted by molar-refractivity contribution is 5.81. The fraction of sp³-hybridized carbons (Fsp3) is 0.571. The van der Waals surface area contributed by atoms with Crippen LogP contribution >= 0.6 is 0 Å². The molecule has 1 N–H and O–H groups in total. The predicted molar refractivity (Wildman–Crippen MR) is 157 cm³/mol. The van der Waals surface area contributed by atoms with E-state index in [1.807, 2.05) is 77.1 Å². The average molecular weight is 577 g/mol. The van der Waals surface area contributed by atoms with Crippen LogP contribution in [0.25, 0.3) is 0 Å². The molecule has 3 fully saturated rings. The first-order valence-electron chi connectivity index (χ1n) is 15.2. The number of phenols is 1. The van der Waals surface area contributed by atoms with Gasteiger partial charge in [-0.1, -0.05) is 49.4 Å². The Kier molecular flexibility index (Phi) is 7.92. The minimum atomic E-state index is -1.03. The zero-order valence-corrected chi connectivity index (χ0v) is 25.6. The van der Waals surface area contributed by atoms with Gasteiger partial charge in [0.15, 0.2) is 0 Å². The van der Waals surface area contributed by atoms with Crippen LogP contribution in [0, 0.1) is 28.6 Å². The fourth-order valence-corrected chi connectivity index (χ4v) is 7.66. The van der Waals surface area contributed by atoms with E-state index in [-0.39, 0.29) is 53.9 Å². The highest BCUT2D eigenvalue weighted by Crippen LogP contribution is 2.56. The molecule has 7 heteroatoms. The second kappa shape index (κ2) is 11.1. The van der Waals surface area contributed by atoms with Gasteiger partial charge in [-0.25, -0.2) is 0 Å². The summed E-state index contributed by atoms with van der Waals surface area (Å²) in [5.41, 5.74) is -1.03. The van der Waals surface area contributed by atoms with Crippen molar-refractivity contribution in [2.75, 3.05) is 0 Å². The van der Waals surface area contributed by atoms with Gasteiger partial charge in [0.25, 0.3) is 0 Å². The molecule has 1 aliphatic heterocycles. The fourth-order valence-electron chi connectivity index (χ4n) is 7.66. The van der Waals surface area contributed by atoms with E-state index in [0.29, 0.717) is 12.8 Å². The van der Waals surface area contributed by atoms with E-state index in [4.69, 9.17) is 14.2 Å². The molecule has 0 spiro atoms. The molecule has 7 nitrogen and oxygen atoms in total. The van der Waals surface area contributed by atoms with Crippen LogP contribution in [-0.4, -0.2) is 35.2 Å². The van der Waals surface area contributed by atoms with Crippen molar-refractivity contribution in [2.24, 2.45) is 28.6 Å². The summed E-state index contributed by atoms with van der Waals surface area (Å²) in [6.07, 6.45) is 2.20. The number of benzene rings is 2. The molecule has 2 bridgehead atoms. The molecule has 2 aromatic rings. The molecule has 1 heterocycles. The summed E-state index contributed by atoms with van der Waals surface area (Å²) in [6.45, 7) is 11.4. The van der Waals surface area contributed by atoms with E-state index in [9.17, 15) is 19.5 Å². The third-order valence-electron chi connectivity index (χ3n) is 9.91. The Hall–Kier alpha value is -3.35. The Morgan fingerprint density at radius 3 is 2.29 bits per heavy atom. The number of carbonyl (C=O) groups excluding carboxylic acids is 3. The highest BCUT2D eigenvalue weighted by Gasteiger charge is 2.63. The number of fused-ring (bicyclic) bond motifs is 1. The van der Waals surface area contributed by atoms with E-state index < -0.39 is 28.5 Å². The van der Waals surface area contributed by atoms with E-state index in [1.165, 1.54) is 0 Å². The maximum atomic E-state index is 14.2. The molecule has 5 rings (SSSR count). The van der Waals surface area contributed by atoms with Gasteiger partial charge < -0.3 is 19.3 Å². The van der Waals surface area contributed by atoms with Crippen LogP contribution in [-0.2, 0) is 34.2 Å². The number of esters is 3. The monoisotopic (exact) mass is 576 g/mol. The molecule has 3 aliphatic rings. The Labute approximate surface area is 248 Å². The van der Waals surface area contributed by atoms with Crippen molar-refractivity contribution in [3.8, 4) is 5.75 Å². The summed E-state index contributed by atoms with van der Waals surface area (Å²) >= 11 is 0. The van der Waals surface area contributed by atoms with Crippen LogP contribution in [0.4, 0.5) is 0 Å². The van der Waals surface area contributed by atoms with Gasteiger partial charge in [-0.05, 0) is 95.9 Å². The van der Waals surface area contributed by atoms with E-state index >= 15 is 0 Å². The van der Waals surface area contributed by atoms with Crippen LogP contribution in [0.3, 0.4) is 0 Å². The van der Waals surface area contributed by atoms with Gasteiger partial charge in [0.05, 0.1) is 16.7 Å². The summed E-state index contributed by atoms with van der Waals surface area (Å²) in [4.78, 5) is 40.2. The third-order valence-corrected chi connectivity index (χ3v) is 9.91. The molecule has 7 atom stereocenters. The number of phenolic OH excluding ortho intramolecular Hbond substituents is 1. The van der Waals surface area contributed by atoms with Crippen molar-refractivity contribution in [2.45, 2.75) is 97.4 Å². The lowest BCUT2D eigenvalue weighted by Crippen LogP contribution is -2.44. The van der Waals surface area contributed by atoms with Crippen LogP contribution in [0.15, 0.2) is 54.6 Å². The Balaban J connectivity index is 1.39. The summed E-state index contributed by atoms with van der Waals surface area (Å²) < 4.78 is 18.0. The number of hydrogen-bond acceptors (Lipinski definition) is 7. The Morgan fingerprint density at radius 2 is 1.64 bits per heavy atom. The molecule has 42 heavy (non-hydrogen) atoms. The Bertz CT molecular complexity index is 1310. The van der Waals surface area contributed by atoms with Crippen molar-refractivity contribution in [1.29, 1.82) is 0 Å². The minimum absolute atomic E-state index is 0.00444. The van der Waals surface area contributed by atoms with Gasteiger partial charge in [0, 0.05) is 11.8 Å². The molecular weight excluding hydrogens is 532 g/mol. The standard InChI is InChI=1S/C35H44O7/c1-7-21(22-13-15-25(36)16-14-22)19-35(6,32(39)42-34(4,5)24-11-9-8-10-12-24)20-33(2,3)31(38)41-28-23-17-26-27(18-23)30(37)40-29(26)28/h8-16,21,23,26-29,36H,7,17-20H2,1-6H3. The quantitative estimate of drug-likeness (QED) is 0.236. The minimum Gasteiger partial charge on any atom is -0.508 e. The SMILES string of the molecule is CCC(CC(C)(CC(C)(C)C(=O)OC1C2CC3C(=O)OC1C3C2)C(=O)OC(C)(C)c1ccccc1)c1ccc(O)cc1. The smallest absolute Gasteiger partial charge is 0.312 e. The number of hydrogen-bond donors (Lipinski definition) is 1. The largest absolute Gasteiger partial charge is 0.508 e. The Morgan fingerprint density at radius 1 is 0.976 bits per heavy atom. The first kappa shape index (κ1) is 30.1. The number of carbonyl (C=O) groups is 3. The van der Waals surface area contributed by atoms with Crippen molar-refractivity contribution in [1.82, 2.24) is 0 Å². The summed E-state index contributed by atoms with van der Waals surface area (Å²) in [6, 6.07) is 16.7. The summed E-state index contributed by atoms with van der Waals surface area (Å²) in [5, 5.41) is 9.84. The molecular formula is C35H44O7. The van der Waals surface area contributed by atoms with Crippen molar-refractivity contribution < 1.29 is 33.7 Å². The normalized spacial score (nSPS) is 26.8. The molecule has 2 aliphatic carbocycles. The number of rotatable bonds is 11. The van der Waals surface area contributed by atoms with E-state index in [0.717, 1.165) is 24.0 Å². The first-order chi connectivity index (χ1) is 19.7. The van der Waals surface area contributed by atoms with E-state index in [2.05, 4.69) is 6.92 Å². The van der Waals surface area contributed by atoms with Gasteiger partial charge in [-0.3, -0.25) is 14.4 Å². The van der Waals surface area contributed by atoms with Gasteiger partial charge in [-0.2, -0.15) is 0 Å². The average Bonchev–Trinajstić information content (AvgIpc) is 3.58. The molecule has 0 radical (unpaired) electrons. The molecule has 226 valence electrons. The predicted octanol–water partition coefficient (Wildman–Crippen LogP) is 6.67. The second-order valence-corrected chi connectivity index (χ2v) is 14.1. The second-order valence-electron chi connectivity index (χ2n) is 14.1. The highest BCUT2D eigenvalue weighted by atomic mass is 16.6. The zero-order valence-electron chi connectivity index (χ0n) is 25.6. The summed E-state index contributed by atoms with van der Waals surface area (Å²) in [5.74, 6) is -0.529. The van der Waals surface area contributed by atoms with Crippen molar-refractivity contribution in [3.05, 3.63) is 65.7 Å². The molecule has 2 aromatic carbocycles. The lowest BCUT2D eigenvalue weighted by atomic mass is 9.68. The molecule has 1 saturated heterocycles. The lowest BCUT2D eigenvalue weighted by molar-refractivity contribution is -0.179. The van der Waals surface area contributed by atoms with Gasteiger partial charge >= 0.3 is 17.9 Å². The first-order valence-corrected chi connectivity index (χ1v) is 15.2. The zero-order chi connectivity index (χ0) is 30.4. The van der Waals surface area contributed by atoms with Crippen molar-refractivity contribution in [3.63, 3.8) is 0 Å². The van der Waals surface area contributed by atoms with E-state index in [1.54, 1.807) is 12.1 Å². The third kappa shape index (κ3) is 5.67. The number of ether oxygens (including phenoxy) is 3. The maximum absolute atomic E-state index is 14.2. The summed E-state index contributed by atoms with van der Waals surface area (Å²) in [7, 11) is 0. The van der Waals surface area contributed by atoms with Gasteiger partial charge in [-0.15, -0.1) is 0 Å². The molecule has 2 saturated carbocycles. The van der Waals surface area contributed by atoms with Crippen molar-refractivity contribution >= 4 is 17.9 Å². The topological polar surface area (TPSA) is 99.1 Å². The van der Waals surface area contributed by atoms with Crippen LogP contribution < -0.4 is 0 Å². The molecule has 0 amide bonds. The van der Waals surface area contributed by atoms with Crippen LogP contribution in [0.2, 0.25) is 0 Å². The van der Waals surface area contributed by atoms with Gasteiger partial charge in [0.2, 0.25) is 0 Å².